The molecule has 2 aliphatic heterocycles. The van der Waals surface area contributed by atoms with Crippen molar-refractivity contribution in [3.63, 3.8) is 0 Å². The van der Waals surface area contributed by atoms with Gasteiger partial charge >= 0.3 is 0 Å². The van der Waals surface area contributed by atoms with Crippen molar-refractivity contribution in [3.05, 3.63) is 158 Å². The molecule has 0 spiro atoms. The maximum atomic E-state index is 13.2. The fourth-order valence-electron chi connectivity index (χ4n) is 8.79. The van der Waals surface area contributed by atoms with Crippen LogP contribution in [0.15, 0.2) is 158 Å². The molecule has 12 unspecified atom stereocenters. The van der Waals surface area contributed by atoms with Crippen molar-refractivity contribution >= 4 is 5.91 Å². The minimum absolute atomic E-state index is 0.249. The lowest BCUT2D eigenvalue weighted by Crippen LogP contribution is -2.65. The maximum Gasteiger partial charge on any atom is 0.220 e. The van der Waals surface area contributed by atoms with E-state index in [2.05, 4.69) is 165 Å². The Kier molecular flexibility index (Phi) is 45.9. The highest BCUT2D eigenvalue weighted by Crippen LogP contribution is 2.30. The summed E-state index contributed by atoms with van der Waals surface area (Å²) >= 11 is 0. The molecule has 1 amide bonds. The fraction of sp³-hybridized carbons (Fsp3) is 0.603. The van der Waals surface area contributed by atoms with Crippen molar-refractivity contribution < 1.29 is 64.6 Å². The molecule has 0 radical (unpaired) electrons. The predicted molar refractivity (Wildman–Crippen MR) is 331 cm³/mol. The summed E-state index contributed by atoms with van der Waals surface area (Å²) in [6.07, 6.45) is 62.1. The van der Waals surface area contributed by atoms with Gasteiger partial charge in [0.15, 0.2) is 12.6 Å². The van der Waals surface area contributed by atoms with Crippen molar-refractivity contribution in [3.8, 4) is 0 Å². The molecule has 2 saturated heterocycles. The van der Waals surface area contributed by atoms with E-state index in [-0.39, 0.29) is 18.9 Å². The van der Waals surface area contributed by atoms with Gasteiger partial charge in [0.25, 0.3) is 0 Å². The van der Waals surface area contributed by atoms with E-state index in [9.17, 15) is 45.6 Å². The summed E-state index contributed by atoms with van der Waals surface area (Å²) in [6.45, 7) is 2.49. The summed E-state index contributed by atoms with van der Waals surface area (Å²) in [5, 5.41) is 86.6. The highest BCUT2D eigenvalue weighted by Gasteiger charge is 2.51. The van der Waals surface area contributed by atoms with Crippen LogP contribution in [0.2, 0.25) is 0 Å². The molecule has 2 rings (SSSR count). The van der Waals surface area contributed by atoms with Gasteiger partial charge in [-0.3, -0.25) is 4.79 Å². The van der Waals surface area contributed by atoms with E-state index in [1.807, 2.05) is 6.08 Å². The van der Waals surface area contributed by atoms with Crippen LogP contribution in [-0.2, 0) is 23.7 Å². The lowest BCUT2D eigenvalue weighted by atomic mass is 9.97. The van der Waals surface area contributed by atoms with E-state index in [0.717, 1.165) is 135 Å². The van der Waals surface area contributed by atoms with Crippen molar-refractivity contribution in [2.45, 2.75) is 242 Å². The highest BCUT2D eigenvalue weighted by atomic mass is 16.7. The molecule has 0 bridgehead atoms. The third kappa shape index (κ3) is 35.7. The van der Waals surface area contributed by atoms with Crippen LogP contribution in [0.3, 0.4) is 0 Å². The predicted octanol–water partition coefficient (Wildman–Crippen LogP) is 11.1. The molecule has 2 aliphatic rings. The Morgan fingerprint density at radius 2 is 0.854 bits per heavy atom. The lowest BCUT2D eigenvalue weighted by molar-refractivity contribution is -0.359. The number of allylic oxidation sites excluding steroid dienone is 25. The molecule has 14 heteroatoms. The number of hydrogen-bond donors (Lipinski definition) is 9. The Bertz CT molecular complexity index is 1980. The maximum absolute atomic E-state index is 13.2. The zero-order valence-electron chi connectivity index (χ0n) is 49.7. The highest BCUT2D eigenvalue weighted by molar-refractivity contribution is 5.76. The third-order valence-electron chi connectivity index (χ3n) is 13.7. The van der Waals surface area contributed by atoms with Crippen molar-refractivity contribution in [2.75, 3.05) is 19.8 Å². The average molecular weight is 1150 g/mol. The molecule has 0 aromatic rings. The minimum Gasteiger partial charge on any atom is -0.394 e. The monoisotopic (exact) mass is 1150 g/mol. The Morgan fingerprint density at radius 1 is 0.451 bits per heavy atom. The summed E-state index contributed by atoms with van der Waals surface area (Å²) in [6, 6.07) is -0.946. The van der Waals surface area contributed by atoms with E-state index < -0.39 is 86.8 Å². The first kappa shape index (κ1) is 73.7. The van der Waals surface area contributed by atoms with E-state index in [1.165, 1.54) is 0 Å². The number of amides is 1. The first-order chi connectivity index (χ1) is 40.1. The van der Waals surface area contributed by atoms with Crippen LogP contribution in [0.25, 0.3) is 0 Å². The molecule has 0 aromatic carbocycles. The van der Waals surface area contributed by atoms with Crippen LogP contribution in [0, 0.1) is 0 Å². The van der Waals surface area contributed by atoms with Gasteiger partial charge in [-0.15, -0.1) is 0 Å². The second-order valence-corrected chi connectivity index (χ2v) is 20.7. The van der Waals surface area contributed by atoms with Gasteiger partial charge in [0, 0.05) is 6.42 Å². The number of carbonyl (C=O) groups is 1. The van der Waals surface area contributed by atoms with Gasteiger partial charge in [-0.25, -0.2) is 0 Å². The van der Waals surface area contributed by atoms with Crippen LogP contribution in [0.1, 0.15) is 168 Å². The van der Waals surface area contributed by atoms with Crippen LogP contribution in [0.4, 0.5) is 0 Å². The fourth-order valence-corrected chi connectivity index (χ4v) is 8.79. The molecule has 14 nitrogen and oxygen atoms in total. The smallest absolute Gasteiger partial charge is 0.220 e. The molecular weight excluding hydrogens is 1040 g/mol. The van der Waals surface area contributed by atoms with Gasteiger partial charge in [-0.05, 0) is 109 Å². The Morgan fingerprint density at radius 3 is 1.33 bits per heavy atom. The van der Waals surface area contributed by atoms with Crippen molar-refractivity contribution in [2.24, 2.45) is 0 Å². The number of carbonyl (C=O) groups excluding carboxylic acids is 1. The summed E-state index contributed by atoms with van der Waals surface area (Å²) in [4.78, 5) is 13.2. The number of rotatable bonds is 46. The first-order valence-corrected chi connectivity index (χ1v) is 30.7. The second-order valence-electron chi connectivity index (χ2n) is 20.7. The summed E-state index contributed by atoms with van der Waals surface area (Å²) in [7, 11) is 0. The molecule has 0 aromatic heterocycles. The number of aliphatic hydroxyl groups excluding tert-OH is 8. The van der Waals surface area contributed by atoms with Crippen molar-refractivity contribution in [1.29, 1.82) is 0 Å². The number of nitrogens with one attached hydrogen (secondary N) is 1. The topological polar surface area (TPSA) is 228 Å². The molecule has 9 N–H and O–H groups in total. The molecule has 462 valence electrons. The standard InChI is InChI=1S/C68H107NO13/c1-3-5-7-9-11-12-13-14-15-16-17-18-19-20-21-22-23-24-25-26-27-28-29-30-31-32-33-34-35-36-37-38-39-40-41-42-43-44-46-48-50-52-60(73)69-56(57(72)51-49-47-45-10-8-6-4-2)55-79-67-65(78)63(76)66(59(54-71)81-67)82-68-64(77)62(75)61(74)58(53-70)80-68/h5,7-8,10-12,14-15,17-18,20-21,23-24,26-27,29-30,32-33,35-36,38-39,49,51,56-59,61-68,70-72,74-78H,3-4,6,9,13,16,19,22,25,28,31,34,37,40-48,50,52-55H2,1-2H3,(H,69,73)/b7-5-,10-8+,12-11-,15-14-,18-17-,21-20-,24-23-,27-26-,30-29-,33-32-,36-35-,39-38-,51-49+. The van der Waals surface area contributed by atoms with Gasteiger partial charge in [0.2, 0.25) is 5.91 Å². The Balaban J connectivity index is 1.58. The SMILES string of the molecule is CC/C=C\C/C=C\C/C=C\C/C=C\C/C=C\C/C=C\C/C=C\C/C=C\C/C=C\C/C=C\C/C=C\CCCCCCCCCC(=O)NC(COC1OC(CO)C(OC2OC(CO)C(O)C(O)C2O)C(O)C1O)C(O)/C=C/CC/C=C/CCC. The molecule has 2 heterocycles. The molecule has 0 aliphatic carbocycles. The molecular formula is C68H107NO13. The van der Waals surface area contributed by atoms with E-state index in [4.69, 9.17) is 18.9 Å². The zero-order valence-corrected chi connectivity index (χ0v) is 49.7. The average Bonchev–Trinajstić information content (AvgIpc) is 3.65. The van der Waals surface area contributed by atoms with Gasteiger partial charge in [0.05, 0.1) is 32.0 Å². The third-order valence-corrected chi connectivity index (χ3v) is 13.7. The van der Waals surface area contributed by atoms with Crippen LogP contribution in [-0.4, -0.2) is 140 Å². The van der Waals surface area contributed by atoms with E-state index in [0.29, 0.717) is 12.8 Å². The molecule has 2 fully saturated rings. The van der Waals surface area contributed by atoms with Gasteiger partial charge < -0.3 is 65.1 Å². The van der Waals surface area contributed by atoms with Crippen LogP contribution >= 0.6 is 0 Å². The molecule has 0 saturated carbocycles. The Labute approximate surface area is 493 Å². The number of aliphatic hydroxyl groups is 8. The zero-order chi connectivity index (χ0) is 59.5. The molecule has 12 atom stereocenters. The lowest BCUT2D eigenvalue weighted by Gasteiger charge is -2.46. The number of hydrogen-bond acceptors (Lipinski definition) is 13. The quantitative estimate of drug-likeness (QED) is 0.0204. The largest absolute Gasteiger partial charge is 0.394 e. The summed E-state index contributed by atoms with van der Waals surface area (Å²) in [5.74, 6) is -0.274. The van der Waals surface area contributed by atoms with E-state index in [1.54, 1.807) is 6.08 Å². The van der Waals surface area contributed by atoms with Crippen molar-refractivity contribution in [1.82, 2.24) is 5.32 Å². The van der Waals surface area contributed by atoms with E-state index >= 15 is 0 Å². The van der Waals surface area contributed by atoms with Gasteiger partial charge in [-0.1, -0.05) is 210 Å². The number of ether oxygens (including phenoxy) is 4. The molecule has 82 heavy (non-hydrogen) atoms. The van der Waals surface area contributed by atoms with Gasteiger partial charge in [-0.2, -0.15) is 0 Å². The summed E-state index contributed by atoms with van der Waals surface area (Å²) < 4.78 is 22.6. The minimum atomic E-state index is -1.80. The summed E-state index contributed by atoms with van der Waals surface area (Å²) in [5.41, 5.74) is 0. The number of unbranched alkanes of at least 4 members (excludes halogenated alkanes) is 9. The van der Waals surface area contributed by atoms with Crippen LogP contribution in [0.5, 0.6) is 0 Å². The first-order valence-electron chi connectivity index (χ1n) is 30.7. The Hall–Kier alpha value is -4.39. The van der Waals surface area contributed by atoms with Crippen LogP contribution < -0.4 is 5.32 Å². The van der Waals surface area contributed by atoms with Gasteiger partial charge in [0.1, 0.15) is 48.8 Å². The second kappa shape index (κ2) is 51.1. The normalized spacial score (nSPS) is 25.1.